The van der Waals surface area contributed by atoms with Crippen LogP contribution in [0.1, 0.15) is 32.0 Å². The molecule has 0 atom stereocenters. The van der Waals surface area contributed by atoms with E-state index in [4.69, 9.17) is 4.74 Å². The second kappa shape index (κ2) is 7.30. The van der Waals surface area contributed by atoms with E-state index in [-0.39, 0.29) is 11.5 Å². The summed E-state index contributed by atoms with van der Waals surface area (Å²) in [4.78, 5) is 19.1. The summed E-state index contributed by atoms with van der Waals surface area (Å²) in [5.74, 6) is -2.92. The van der Waals surface area contributed by atoms with Gasteiger partial charge in [0.05, 0.1) is 13.0 Å². The number of hydrogen-bond acceptors (Lipinski definition) is 4. The Morgan fingerprint density at radius 1 is 1.43 bits per heavy atom. The maximum Gasteiger partial charge on any atom is 0.407 e. The lowest BCUT2D eigenvalue weighted by Gasteiger charge is -2.22. The number of pyridine rings is 1. The number of aliphatic imine (C=N–C) groups is 1. The first-order chi connectivity index (χ1) is 10.6. The number of carbonyl (C=O) groups is 1. The standard InChI is InChI=1S/C16H21F2N3O2/c1-6-11-7-8-12(21-13(11)19-5)9-16(17,18)10-20-14(22)23-15(2,3)4/h6-8H,1,5,9-10H2,2-4H3,(H,20,22). The van der Waals surface area contributed by atoms with Gasteiger partial charge in [-0.15, -0.1) is 0 Å². The molecular formula is C16H21F2N3O2. The fourth-order valence-corrected chi connectivity index (χ4v) is 1.73. The van der Waals surface area contributed by atoms with Crippen LogP contribution in [0.25, 0.3) is 6.08 Å². The summed E-state index contributed by atoms with van der Waals surface area (Å²) < 4.78 is 32.8. The zero-order valence-electron chi connectivity index (χ0n) is 13.5. The molecule has 0 spiro atoms. The third kappa shape index (κ3) is 6.54. The van der Waals surface area contributed by atoms with Crippen LogP contribution in [0.2, 0.25) is 0 Å². The van der Waals surface area contributed by atoms with Gasteiger partial charge in [0.15, 0.2) is 5.82 Å². The topological polar surface area (TPSA) is 63.6 Å². The molecule has 1 aromatic rings. The highest BCUT2D eigenvalue weighted by Gasteiger charge is 2.31. The van der Waals surface area contributed by atoms with Gasteiger partial charge in [0.2, 0.25) is 0 Å². The molecule has 1 amide bonds. The molecule has 1 N–H and O–H groups in total. The Labute approximate surface area is 134 Å². The first-order valence-corrected chi connectivity index (χ1v) is 7.00. The van der Waals surface area contributed by atoms with E-state index < -0.39 is 30.6 Å². The van der Waals surface area contributed by atoms with E-state index in [1.54, 1.807) is 26.8 Å². The van der Waals surface area contributed by atoms with Crippen LogP contribution in [-0.4, -0.2) is 35.9 Å². The highest BCUT2D eigenvalue weighted by molar-refractivity contribution is 5.67. The summed E-state index contributed by atoms with van der Waals surface area (Å²) in [6, 6.07) is 3.06. The van der Waals surface area contributed by atoms with Crippen LogP contribution in [0.15, 0.2) is 23.7 Å². The summed E-state index contributed by atoms with van der Waals surface area (Å²) in [5, 5.41) is 2.06. The zero-order chi connectivity index (χ0) is 17.7. The van der Waals surface area contributed by atoms with Crippen LogP contribution in [0, 0.1) is 0 Å². The molecule has 0 saturated carbocycles. The predicted molar refractivity (Wildman–Crippen MR) is 86.4 cm³/mol. The molecule has 0 radical (unpaired) electrons. The van der Waals surface area contributed by atoms with Crippen LogP contribution in [0.5, 0.6) is 0 Å². The van der Waals surface area contributed by atoms with Crippen molar-refractivity contribution in [1.29, 1.82) is 0 Å². The van der Waals surface area contributed by atoms with Crippen LogP contribution in [-0.2, 0) is 11.2 Å². The number of carbonyl (C=O) groups excluding carboxylic acids is 1. The van der Waals surface area contributed by atoms with Gasteiger partial charge in [0, 0.05) is 11.3 Å². The SMILES string of the molecule is C=Cc1ccc(CC(F)(F)CNC(=O)OC(C)(C)C)nc1N=C. The Bertz CT molecular complexity index is 595. The Morgan fingerprint density at radius 3 is 2.61 bits per heavy atom. The number of alkyl carbamates (subject to hydrolysis) is 1. The van der Waals surface area contributed by atoms with E-state index in [1.165, 1.54) is 12.1 Å². The third-order valence-corrected chi connectivity index (χ3v) is 2.66. The van der Waals surface area contributed by atoms with E-state index in [9.17, 15) is 13.6 Å². The summed E-state index contributed by atoms with van der Waals surface area (Å²) in [6.45, 7) is 11.0. The van der Waals surface area contributed by atoms with E-state index in [1.807, 2.05) is 0 Å². The lowest BCUT2D eigenvalue weighted by atomic mass is 10.1. The minimum Gasteiger partial charge on any atom is -0.444 e. The van der Waals surface area contributed by atoms with Crippen LogP contribution < -0.4 is 5.32 Å². The average molecular weight is 325 g/mol. The fourth-order valence-electron chi connectivity index (χ4n) is 1.73. The molecule has 0 unspecified atom stereocenters. The monoisotopic (exact) mass is 325 g/mol. The first-order valence-electron chi connectivity index (χ1n) is 7.00. The van der Waals surface area contributed by atoms with Crippen molar-refractivity contribution < 1.29 is 18.3 Å². The van der Waals surface area contributed by atoms with E-state index in [0.717, 1.165) is 0 Å². The molecule has 0 aliphatic rings. The number of nitrogens with zero attached hydrogens (tertiary/aromatic N) is 2. The number of nitrogens with one attached hydrogen (secondary N) is 1. The molecule has 5 nitrogen and oxygen atoms in total. The predicted octanol–water partition coefficient (Wildman–Crippen LogP) is 3.76. The van der Waals surface area contributed by atoms with Crippen molar-refractivity contribution in [3.8, 4) is 0 Å². The number of rotatable bonds is 6. The van der Waals surface area contributed by atoms with Crippen LogP contribution >= 0.6 is 0 Å². The molecule has 0 saturated heterocycles. The number of aromatic nitrogens is 1. The van der Waals surface area contributed by atoms with Gasteiger partial charge in [-0.2, -0.15) is 0 Å². The Morgan fingerprint density at radius 2 is 2.09 bits per heavy atom. The van der Waals surface area contributed by atoms with Crippen molar-refractivity contribution in [2.24, 2.45) is 4.99 Å². The number of ether oxygens (including phenoxy) is 1. The number of halogens is 2. The molecule has 0 aliphatic heterocycles. The van der Waals surface area contributed by atoms with Crippen molar-refractivity contribution in [3.63, 3.8) is 0 Å². The molecule has 0 bridgehead atoms. The lowest BCUT2D eigenvalue weighted by Crippen LogP contribution is -2.40. The van der Waals surface area contributed by atoms with Gasteiger partial charge in [-0.05, 0) is 39.6 Å². The number of hydrogen-bond donors (Lipinski definition) is 1. The van der Waals surface area contributed by atoms with Crippen molar-refractivity contribution in [1.82, 2.24) is 10.3 Å². The minimum atomic E-state index is -3.17. The maximum atomic E-state index is 13.9. The highest BCUT2D eigenvalue weighted by atomic mass is 19.3. The smallest absolute Gasteiger partial charge is 0.407 e. The van der Waals surface area contributed by atoms with E-state index >= 15 is 0 Å². The lowest BCUT2D eigenvalue weighted by molar-refractivity contribution is -0.00483. The van der Waals surface area contributed by atoms with Crippen LogP contribution in [0.4, 0.5) is 19.4 Å². The fraction of sp³-hybridized carbons (Fsp3) is 0.438. The van der Waals surface area contributed by atoms with Gasteiger partial charge in [0.25, 0.3) is 5.92 Å². The summed E-state index contributed by atoms with van der Waals surface area (Å²) in [7, 11) is 0. The molecule has 0 aromatic carbocycles. The number of alkyl halides is 2. The molecule has 23 heavy (non-hydrogen) atoms. The second-order valence-electron chi connectivity index (χ2n) is 5.97. The van der Waals surface area contributed by atoms with Crippen molar-refractivity contribution in [2.45, 2.75) is 38.7 Å². The van der Waals surface area contributed by atoms with E-state index in [2.05, 4.69) is 28.6 Å². The summed E-state index contributed by atoms with van der Waals surface area (Å²) >= 11 is 0. The Kier molecular flexibility index (Phi) is 5.95. The Hall–Kier alpha value is -2.31. The molecular weight excluding hydrogens is 304 g/mol. The van der Waals surface area contributed by atoms with Crippen molar-refractivity contribution in [3.05, 3.63) is 30.0 Å². The molecule has 126 valence electrons. The third-order valence-electron chi connectivity index (χ3n) is 2.66. The van der Waals surface area contributed by atoms with E-state index in [0.29, 0.717) is 5.56 Å². The van der Waals surface area contributed by atoms with Gasteiger partial charge >= 0.3 is 6.09 Å². The molecule has 0 aliphatic carbocycles. The normalized spacial score (nSPS) is 11.7. The molecule has 0 fully saturated rings. The van der Waals surface area contributed by atoms with Gasteiger partial charge < -0.3 is 10.1 Å². The highest BCUT2D eigenvalue weighted by Crippen LogP contribution is 2.23. The molecule has 1 heterocycles. The molecule has 1 rings (SSSR count). The van der Waals surface area contributed by atoms with Crippen LogP contribution in [0.3, 0.4) is 0 Å². The van der Waals surface area contributed by atoms with Gasteiger partial charge in [-0.25, -0.2) is 23.6 Å². The quantitative estimate of drug-likeness (QED) is 0.810. The largest absolute Gasteiger partial charge is 0.444 e. The zero-order valence-corrected chi connectivity index (χ0v) is 13.5. The average Bonchev–Trinajstić information content (AvgIpc) is 2.43. The van der Waals surface area contributed by atoms with Gasteiger partial charge in [0.1, 0.15) is 5.60 Å². The van der Waals surface area contributed by atoms with Crippen molar-refractivity contribution >= 4 is 24.7 Å². The number of amides is 1. The summed E-state index contributed by atoms with van der Waals surface area (Å²) in [6.07, 6.45) is -0.00765. The summed E-state index contributed by atoms with van der Waals surface area (Å²) in [5.41, 5.74) is 0.0133. The molecule has 7 heteroatoms. The second-order valence-corrected chi connectivity index (χ2v) is 5.97. The Balaban J connectivity index is 2.69. The van der Waals surface area contributed by atoms with Gasteiger partial charge in [-0.3, -0.25) is 0 Å². The minimum absolute atomic E-state index is 0.147. The molecule has 1 aromatic heterocycles. The first kappa shape index (κ1) is 18.7. The van der Waals surface area contributed by atoms with Crippen molar-refractivity contribution in [2.75, 3.05) is 6.54 Å². The maximum absolute atomic E-state index is 13.9. The van der Waals surface area contributed by atoms with Gasteiger partial charge in [-0.1, -0.05) is 12.7 Å².